The van der Waals surface area contributed by atoms with Gasteiger partial charge < -0.3 is 5.11 Å². The second-order valence-corrected chi connectivity index (χ2v) is 4.97. The maximum Gasteiger partial charge on any atom is 0.307 e. The van der Waals surface area contributed by atoms with Crippen LogP contribution in [0.4, 0.5) is 0 Å². The first kappa shape index (κ1) is 13.2. The van der Waals surface area contributed by atoms with Gasteiger partial charge in [0.05, 0.1) is 11.8 Å². The van der Waals surface area contributed by atoms with Crippen LogP contribution in [0.2, 0.25) is 0 Å². The number of halogens is 2. The third-order valence-corrected chi connectivity index (χ3v) is 2.61. The summed E-state index contributed by atoms with van der Waals surface area (Å²) in [6.07, 6.45) is -0.115. The number of benzene rings is 1. The average Bonchev–Trinajstić information content (AvgIpc) is 2.14. The van der Waals surface area contributed by atoms with Crippen molar-refractivity contribution in [3.05, 3.63) is 33.8 Å². The van der Waals surface area contributed by atoms with E-state index in [0.717, 1.165) is 0 Å². The Hall–Kier alpha value is -0.870. The van der Waals surface area contributed by atoms with Crippen molar-refractivity contribution in [2.75, 3.05) is 0 Å². The predicted octanol–water partition coefficient (Wildman–Crippen LogP) is 2.89. The summed E-state index contributed by atoms with van der Waals surface area (Å²) in [5.41, 5.74) is 0.996. The molecule has 1 atom stereocenters. The standard InChI is InChI=1S/C11H10BrClO3/c1-6(13)11(16)8-2-7(4-10(14)15)3-9(12)5-8/h2-3,5-6H,4H2,1H3,(H,14,15). The van der Waals surface area contributed by atoms with E-state index in [1.807, 2.05) is 0 Å². The van der Waals surface area contributed by atoms with Gasteiger partial charge in [-0.1, -0.05) is 15.9 Å². The highest BCUT2D eigenvalue weighted by molar-refractivity contribution is 9.10. The van der Waals surface area contributed by atoms with Gasteiger partial charge in [0.1, 0.15) is 0 Å². The van der Waals surface area contributed by atoms with Crippen molar-refractivity contribution in [2.45, 2.75) is 18.7 Å². The number of carbonyl (C=O) groups excluding carboxylic acids is 1. The minimum absolute atomic E-state index is 0.115. The lowest BCUT2D eigenvalue weighted by atomic mass is 10.0. The minimum atomic E-state index is -0.935. The van der Waals surface area contributed by atoms with E-state index >= 15 is 0 Å². The molecule has 1 rings (SSSR count). The molecule has 5 heteroatoms. The summed E-state index contributed by atoms with van der Waals surface area (Å²) < 4.78 is 0.673. The highest BCUT2D eigenvalue weighted by Crippen LogP contribution is 2.18. The van der Waals surface area contributed by atoms with E-state index in [9.17, 15) is 9.59 Å². The van der Waals surface area contributed by atoms with Crippen LogP contribution >= 0.6 is 27.5 Å². The Morgan fingerprint density at radius 1 is 1.44 bits per heavy atom. The summed E-state index contributed by atoms with van der Waals surface area (Å²) in [4.78, 5) is 22.2. The summed E-state index contributed by atoms with van der Waals surface area (Å²) in [5, 5.41) is 8.05. The third-order valence-electron chi connectivity index (χ3n) is 1.96. The number of hydrogen-bond donors (Lipinski definition) is 1. The van der Waals surface area contributed by atoms with Crippen molar-refractivity contribution < 1.29 is 14.7 Å². The number of carbonyl (C=O) groups is 2. The maximum absolute atomic E-state index is 11.6. The molecule has 1 unspecified atom stereocenters. The summed E-state index contributed by atoms with van der Waals surface area (Å²) in [5.74, 6) is -1.15. The van der Waals surface area contributed by atoms with Crippen LogP contribution < -0.4 is 0 Å². The topological polar surface area (TPSA) is 54.4 Å². The summed E-state index contributed by atoms with van der Waals surface area (Å²) in [6.45, 7) is 1.58. The number of Topliss-reactive ketones (excluding diaryl/α,β-unsaturated/α-hetero) is 1. The number of carboxylic acids is 1. The van der Waals surface area contributed by atoms with Crippen LogP contribution in [-0.2, 0) is 11.2 Å². The van der Waals surface area contributed by atoms with Gasteiger partial charge in [-0.15, -0.1) is 11.6 Å². The monoisotopic (exact) mass is 304 g/mol. The van der Waals surface area contributed by atoms with Crippen molar-refractivity contribution >= 4 is 39.3 Å². The number of carboxylic acid groups (broad SMARTS) is 1. The Morgan fingerprint density at radius 2 is 2.06 bits per heavy atom. The Labute approximate surface area is 107 Å². The fourth-order valence-electron chi connectivity index (χ4n) is 1.30. The first-order chi connectivity index (χ1) is 7.40. The van der Waals surface area contributed by atoms with Gasteiger partial charge in [0, 0.05) is 10.0 Å². The molecule has 0 radical (unpaired) electrons. The zero-order valence-corrected chi connectivity index (χ0v) is 10.9. The maximum atomic E-state index is 11.6. The van der Waals surface area contributed by atoms with E-state index in [1.54, 1.807) is 25.1 Å². The number of hydrogen-bond acceptors (Lipinski definition) is 2. The van der Waals surface area contributed by atoms with Crippen LogP contribution in [0.3, 0.4) is 0 Å². The number of alkyl halides is 1. The van der Waals surface area contributed by atoms with Gasteiger partial charge in [-0.3, -0.25) is 9.59 Å². The van der Waals surface area contributed by atoms with Gasteiger partial charge in [0.25, 0.3) is 0 Å². The molecule has 0 aliphatic heterocycles. The van der Waals surface area contributed by atoms with E-state index in [1.165, 1.54) is 0 Å². The molecular weight excluding hydrogens is 295 g/mol. The second-order valence-electron chi connectivity index (χ2n) is 3.40. The SMILES string of the molecule is CC(Cl)C(=O)c1cc(Br)cc(CC(=O)O)c1. The van der Waals surface area contributed by atoms with Crippen LogP contribution in [0.5, 0.6) is 0 Å². The fourth-order valence-corrected chi connectivity index (χ4v) is 1.97. The fraction of sp³-hybridized carbons (Fsp3) is 0.273. The Bertz CT molecular complexity index is 429. The largest absolute Gasteiger partial charge is 0.481 e. The molecule has 86 valence electrons. The first-order valence-electron chi connectivity index (χ1n) is 4.59. The van der Waals surface area contributed by atoms with E-state index in [0.29, 0.717) is 15.6 Å². The molecular formula is C11H10BrClO3. The molecule has 0 bridgehead atoms. The lowest BCUT2D eigenvalue weighted by Gasteiger charge is -2.06. The number of aliphatic carboxylic acids is 1. The van der Waals surface area contributed by atoms with Crippen LogP contribution in [0.1, 0.15) is 22.8 Å². The van der Waals surface area contributed by atoms with Crippen molar-refractivity contribution in [1.29, 1.82) is 0 Å². The smallest absolute Gasteiger partial charge is 0.307 e. The molecule has 0 heterocycles. The summed E-state index contributed by atoms with van der Waals surface area (Å²) in [6, 6.07) is 4.86. The highest BCUT2D eigenvalue weighted by atomic mass is 79.9. The molecule has 0 saturated carbocycles. The Morgan fingerprint density at radius 3 is 2.56 bits per heavy atom. The molecule has 3 nitrogen and oxygen atoms in total. The molecule has 0 aromatic heterocycles. The molecule has 0 aliphatic rings. The quantitative estimate of drug-likeness (QED) is 0.687. The summed E-state index contributed by atoms with van der Waals surface area (Å²) in [7, 11) is 0. The van der Waals surface area contributed by atoms with Crippen molar-refractivity contribution in [1.82, 2.24) is 0 Å². The molecule has 0 spiro atoms. The molecule has 0 amide bonds. The van der Waals surface area contributed by atoms with Crippen LogP contribution in [0, 0.1) is 0 Å². The predicted molar refractivity (Wildman–Crippen MR) is 65.1 cm³/mol. The molecule has 0 fully saturated rings. The lowest BCUT2D eigenvalue weighted by molar-refractivity contribution is -0.136. The second kappa shape index (κ2) is 5.46. The molecule has 16 heavy (non-hydrogen) atoms. The molecule has 1 aromatic carbocycles. The van der Waals surface area contributed by atoms with Crippen molar-refractivity contribution in [2.24, 2.45) is 0 Å². The molecule has 0 saturated heterocycles. The van der Waals surface area contributed by atoms with Gasteiger partial charge in [-0.05, 0) is 30.7 Å². The molecule has 0 aliphatic carbocycles. The summed E-state index contributed by atoms with van der Waals surface area (Å²) >= 11 is 8.92. The van der Waals surface area contributed by atoms with E-state index in [2.05, 4.69) is 15.9 Å². The van der Waals surface area contributed by atoms with Crippen molar-refractivity contribution in [3.8, 4) is 0 Å². The lowest BCUT2D eigenvalue weighted by Crippen LogP contribution is -2.11. The Balaban J connectivity index is 3.07. The number of ketones is 1. The van der Waals surface area contributed by atoms with Gasteiger partial charge in [-0.25, -0.2) is 0 Å². The van der Waals surface area contributed by atoms with Crippen molar-refractivity contribution in [3.63, 3.8) is 0 Å². The van der Waals surface area contributed by atoms with Gasteiger partial charge in [-0.2, -0.15) is 0 Å². The average molecular weight is 306 g/mol. The normalized spacial score (nSPS) is 12.2. The first-order valence-corrected chi connectivity index (χ1v) is 5.82. The minimum Gasteiger partial charge on any atom is -0.481 e. The highest BCUT2D eigenvalue weighted by Gasteiger charge is 2.14. The van der Waals surface area contributed by atoms with E-state index < -0.39 is 11.3 Å². The number of rotatable bonds is 4. The Kier molecular flexibility index (Phi) is 4.50. The van der Waals surface area contributed by atoms with Crippen LogP contribution in [0.15, 0.2) is 22.7 Å². The van der Waals surface area contributed by atoms with Crippen LogP contribution in [0.25, 0.3) is 0 Å². The molecule has 1 aromatic rings. The van der Waals surface area contributed by atoms with Gasteiger partial charge in [0.2, 0.25) is 0 Å². The van der Waals surface area contributed by atoms with Crippen LogP contribution in [-0.4, -0.2) is 22.2 Å². The molecule has 1 N–H and O–H groups in total. The van der Waals surface area contributed by atoms with Gasteiger partial charge in [0.15, 0.2) is 5.78 Å². The zero-order valence-electron chi connectivity index (χ0n) is 8.54. The van der Waals surface area contributed by atoms with Gasteiger partial charge >= 0.3 is 5.97 Å². The van der Waals surface area contributed by atoms with E-state index in [-0.39, 0.29) is 12.2 Å². The third kappa shape index (κ3) is 3.61. The zero-order chi connectivity index (χ0) is 12.3. The van der Waals surface area contributed by atoms with E-state index in [4.69, 9.17) is 16.7 Å².